The Labute approximate surface area is 361 Å². The van der Waals surface area contributed by atoms with Gasteiger partial charge in [0.15, 0.2) is 0 Å². The molecule has 0 spiro atoms. The normalized spacial score (nSPS) is 11.4. The third-order valence-electron chi connectivity index (χ3n) is 10.9. The third kappa shape index (κ3) is 7.81. The van der Waals surface area contributed by atoms with Crippen molar-refractivity contribution in [3.05, 3.63) is 193 Å². The number of aryl methyl sites for hydroxylation is 2. The van der Waals surface area contributed by atoms with E-state index < -0.39 is 0 Å². The number of rotatable bonds is 7. The fourth-order valence-electron chi connectivity index (χ4n) is 7.90. The molecule has 1 N–H and O–H groups in total. The summed E-state index contributed by atoms with van der Waals surface area (Å²) in [4.78, 5) is 10.4. The van der Waals surface area contributed by atoms with E-state index in [1.807, 2.05) is 37.4 Å². The first-order valence-electron chi connectivity index (χ1n) is 19.8. The number of imidazole rings is 1. The van der Waals surface area contributed by atoms with E-state index in [0.29, 0.717) is 11.4 Å². The summed E-state index contributed by atoms with van der Waals surface area (Å²) in [5.74, 6) is 0.900. The number of para-hydroxylation sites is 1. The molecule has 9 aromatic rings. The van der Waals surface area contributed by atoms with Gasteiger partial charge in [-0.05, 0) is 94.1 Å². The van der Waals surface area contributed by atoms with Gasteiger partial charge in [0.25, 0.3) is 0 Å². The van der Waals surface area contributed by atoms with Crippen LogP contribution in [0.4, 0.5) is 0 Å². The van der Waals surface area contributed by atoms with E-state index in [0.717, 1.165) is 83.6 Å². The van der Waals surface area contributed by atoms with Gasteiger partial charge in [0, 0.05) is 38.6 Å². The molecule has 0 bridgehead atoms. The summed E-state index contributed by atoms with van der Waals surface area (Å²) in [5.41, 5.74) is 16.6. The fraction of sp³-hybridized carbons (Fsp3) is 0.111. The van der Waals surface area contributed by atoms with Crippen molar-refractivity contribution in [3.8, 4) is 78.6 Å². The Morgan fingerprint density at radius 3 is 1.81 bits per heavy atom. The number of phenolic OH excluding ortho intramolecular Hbond substituents is 1. The monoisotopic (exact) mass is 945 g/mol. The summed E-state index contributed by atoms with van der Waals surface area (Å²) in [6.45, 7) is 10.8. The first-order valence-corrected chi connectivity index (χ1v) is 19.8. The molecule has 2 aromatic heterocycles. The molecule has 59 heavy (non-hydrogen) atoms. The number of fused-ring (bicyclic) bond motifs is 1. The summed E-state index contributed by atoms with van der Waals surface area (Å²) in [7, 11) is 0. The molecule has 292 valence electrons. The van der Waals surface area contributed by atoms with Gasteiger partial charge in [0.1, 0.15) is 11.6 Å². The van der Waals surface area contributed by atoms with E-state index in [-0.39, 0.29) is 32.2 Å². The van der Waals surface area contributed by atoms with E-state index in [9.17, 15) is 5.11 Å². The first kappa shape index (κ1) is 39.5. The zero-order valence-corrected chi connectivity index (χ0v) is 36.0. The fourth-order valence-corrected chi connectivity index (χ4v) is 7.90. The van der Waals surface area contributed by atoms with Gasteiger partial charge < -0.3 is 5.11 Å². The summed E-state index contributed by atoms with van der Waals surface area (Å²) < 4.78 is 2.22. The molecule has 0 saturated heterocycles. The quantitative estimate of drug-likeness (QED) is 0.162. The zero-order valence-electron chi connectivity index (χ0n) is 33.8. The van der Waals surface area contributed by atoms with Crippen molar-refractivity contribution in [2.45, 2.75) is 40.0 Å². The van der Waals surface area contributed by atoms with Gasteiger partial charge in [-0.1, -0.05) is 159 Å². The van der Waals surface area contributed by atoms with Crippen LogP contribution in [0.25, 0.3) is 83.9 Å². The summed E-state index contributed by atoms with van der Waals surface area (Å²) in [6, 6.07) is 61.0. The number of pyridine rings is 1. The van der Waals surface area contributed by atoms with Gasteiger partial charge in [-0.15, -0.1) is 23.8 Å². The Kier molecular flexibility index (Phi) is 10.8. The Bertz CT molecular complexity index is 2950. The smallest absolute Gasteiger partial charge is 0.148 e. The summed E-state index contributed by atoms with van der Waals surface area (Å²) in [5, 5.41) is 11.7. The molecule has 0 radical (unpaired) electrons. The molecule has 0 aliphatic rings. The van der Waals surface area contributed by atoms with Gasteiger partial charge >= 0.3 is 0 Å². The molecule has 0 fully saturated rings. The van der Waals surface area contributed by atoms with Crippen molar-refractivity contribution in [1.82, 2.24) is 14.5 Å². The molecule has 0 aliphatic carbocycles. The van der Waals surface area contributed by atoms with Crippen LogP contribution in [-0.4, -0.2) is 19.6 Å². The molecule has 0 amide bonds. The minimum atomic E-state index is -0.127. The molecule has 0 unspecified atom stereocenters. The molecule has 4 nitrogen and oxygen atoms in total. The molecule has 2 heterocycles. The van der Waals surface area contributed by atoms with E-state index >= 15 is 0 Å². The molecule has 5 heteroatoms. The number of hydrogen-bond acceptors (Lipinski definition) is 3. The van der Waals surface area contributed by atoms with Gasteiger partial charge in [-0.2, -0.15) is 0 Å². The maximum Gasteiger partial charge on any atom is 0.148 e. The summed E-state index contributed by atoms with van der Waals surface area (Å²) >= 11 is 0. The molecule has 7 aromatic carbocycles. The Morgan fingerprint density at radius 1 is 0.559 bits per heavy atom. The average molecular weight is 946 g/mol. The van der Waals surface area contributed by atoms with E-state index in [4.69, 9.17) is 9.97 Å². The second-order valence-electron chi connectivity index (χ2n) is 16.2. The van der Waals surface area contributed by atoms with Crippen LogP contribution in [0.15, 0.2) is 170 Å². The number of hydrogen-bond donors (Lipinski definition) is 1. The number of aromatic nitrogens is 3. The maximum atomic E-state index is 11.7. The Balaban J connectivity index is 0.00000484. The van der Waals surface area contributed by atoms with Crippen LogP contribution in [0.5, 0.6) is 5.75 Å². The Morgan fingerprint density at radius 2 is 1.17 bits per heavy atom. The molecule has 0 saturated carbocycles. The predicted octanol–water partition coefficient (Wildman–Crippen LogP) is 13.8. The first-order chi connectivity index (χ1) is 28.1. The van der Waals surface area contributed by atoms with Gasteiger partial charge in [0.05, 0.1) is 16.6 Å². The molecule has 0 atom stereocenters. The summed E-state index contributed by atoms with van der Waals surface area (Å²) in [6.07, 6.45) is 1.88. The largest absolute Gasteiger partial charge is 0.507 e. The van der Waals surface area contributed by atoms with Crippen molar-refractivity contribution in [1.29, 1.82) is 0 Å². The number of nitrogens with zero attached hydrogens (tertiary/aromatic N) is 3. The van der Waals surface area contributed by atoms with Crippen LogP contribution < -0.4 is 0 Å². The third-order valence-corrected chi connectivity index (χ3v) is 10.9. The van der Waals surface area contributed by atoms with Crippen LogP contribution >= 0.6 is 0 Å². The van der Waals surface area contributed by atoms with Crippen molar-refractivity contribution in [2.24, 2.45) is 0 Å². The number of benzene rings is 7. The van der Waals surface area contributed by atoms with Crippen LogP contribution in [0.2, 0.25) is 0 Å². The van der Waals surface area contributed by atoms with Crippen molar-refractivity contribution < 1.29 is 26.2 Å². The topological polar surface area (TPSA) is 50.9 Å². The van der Waals surface area contributed by atoms with Gasteiger partial charge in [-0.25, -0.2) is 4.98 Å². The number of phenols is 1. The molecule has 0 aliphatic heterocycles. The van der Waals surface area contributed by atoms with E-state index in [1.165, 1.54) is 5.56 Å². The standard InChI is InChI=1S/C54H44N3O.Pt/c1-35-26-36(2)52(58)48(27-35)53-56-51-47(22-15-23-50(51)57(53)46-32-42(39-20-13-8-14-21-39)31-45(34-46)54(3,4)5)43-28-41(38-18-11-7-12-19-38)29-44(30-43)49-33-40(24-25-55-49)37-16-9-6-10-17-37;/h6-29,31-34,58H,1-5H3;/q-1;. The van der Waals surface area contributed by atoms with Crippen LogP contribution in [-0.2, 0) is 26.5 Å². The molecular weight excluding hydrogens is 902 g/mol. The van der Waals surface area contributed by atoms with E-state index in [1.54, 1.807) is 0 Å². The van der Waals surface area contributed by atoms with Crippen LogP contribution in [0, 0.1) is 19.9 Å². The predicted molar refractivity (Wildman–Crippen MR) is 240 cm³/mol. The average Bonchev–Trinajstić information content (AvgIpc) is 3.65. The zero-order chi connectivity index (χ0) is 40.0. The minimum Gasteiger partial charge on any atom is -0.507 e. The maximum absolute atomic E-state index is 11.7. The van der Waals surface area contributed by atoms with Gasteiger partial charge in [0.2, 0.25) is 0 Å². The minimum absolute atomic E-state index is 0. The SMILES string of the molecule is Cc1cc(C)c(O)c(-c2nc3c(-c4[c-]c(-c5cc(-c6ccccc6)ccn5)cc(-c5ccccc5)c4)cccc3n2-c2cc(-c3ccccc3)cc(C(C)(C)C)c2)c1.[Pt]. The van der Waals surface area contributed by atoms with Gasteiger partial charge in [-0.3, -0.25) is 9.55 Å². The second kappa shape index (κ2) is 16.1. The van der Waals surface area contributed by atoms with Crippen molar-refractivity contribution >= 4 is 11.0 Å². The molecular formula is C54H44N3OPt-. The van der Waals surface area contributed by atoms with Crippen LogP contribution in [0.1, 0.15) is 37.5 Å². The van der Waals surface area contributed by atoms with Crippen LogP contribution in [0.3, 0.4) is 0 Å². The number of aromatic hydroxyl groups is 1. The Hall–Kier alpha value is -6.35. The van der Waals surface area contributed by atoms with Crippen molar-refractivity contribution in [2.75, 3.05) is 0 Å². The van der Waals surface area contributed by atoms with Crippen molar-refractivity contribution in [3.63, 3.8) is 0 Å². The second-order valence-corrected chi connectivity index (χ2v) is 16.2. The van der Waals surface area contributed by atoms with E-state index in [2.05, 4.69) is 178 Å². The molecule has 9 rings (SSSR count).